The van der Waals surface area contributed by atoms with Crippen molar-refractivity contribution < 1.29 is 4.79 Å². The maximum absolute atomic E-state index is 12.6. The van der Waals surface area contributed by atoms with Crippen molar-refractivity contribution in [3.05, 3.63) is 66.7 Å². The molecule has 0 fully saturated rings. The lowest BCUT2D eigenvalue weighted by atomic mass is 10.1. The smallest absolute Gasteiger partial charge is 0.249 e. The molecule has 22 heavy (non-hydrogen) atoms. The maximum Gasteiger partial charge on any atom is 0.249 e. The molecule has 0 aliphatic carbocycles. The van der Waals surface area contributed by atoms with E-state index in [2.05, 4.69) is 25.8 Å². The van der Waals surface area contributed by atoms with Gasteiger partial charge in [-0.25, -0.2) is 4.68 Å². The minimum atomic E-state index is -0.530. The van der Waals surface area contributed by atoms with Crippen LogP contribution >= 0.6 is 0 Å². The molecule has 2 aromatic heterocycles. The van der Waals surface area contributed by atoms with E-state index in [1.54, 1.807) is 24.5 Å². The van der Waals surface area contributed by atoms with Crippen LogP contribution in [-0.2, 0) is 11.2 Å². The van der Waals surface area contributed by atoms with Gasteiger partial charge in [-0.2, -0.15) is 0 Å². The molecule has 1 amide bonds. The molecule has 0 saturated heterocycles. The van der Waals surface area contributed by atoms with E-state index >= 15 is 0 Å². The van der Waals surface area contributed by atoms with Gasteiger partial charge in [-0.15, -0.1) is 5.10 Å². The van der Waals surface area contributed by atoms with E-state index in [0.29, 0.717) is 12.1 Å². The number of anilines is 1. The van der Waals surface area contributed by atoms with Gasteiger partial charge in [-0.05, 0) is 28.1 Å². The van der Waals surface area contributed by atoms with Gasteiger partial charge in [0.1, 0.15) is 12.4 Å². The SMILES string of the molecule is O=C(Nc1cccnc1)[C@H](Cc1ccccc1)n1cnnn1. The Morgan fingerprint density at radius 2 is 2.05 bits per heavy atom. The lowest BCUT2D eigenvalue weighted by Crippen LogP contribution is -2.28. The molecule has 3 rings (SSSR count). The lowest BCUT2D eigenvalue weighted by Gasteiger charge is -2.16. The summed E-state index contributed by atoms with van der Waals surface area (Å²) in [6.45, 7) is 0. The third-order valence-corrected chi connectivity index (χ3v) is 3.19. The molecule has 1 N–H and O–H groups in total. The quantitative estimate of drug-likeness (QED) is 0.770. The molecule has 0 saturated carbocycles. The minimum absolute atomic E-state index is 0.191. The van der Waals surface area contributed by atoms with Crippen LogP contribution in [0.25, 0.3) is 0 Å². The Bertz CT molecular complexity index is 714. The number of carbonyl (C=O) groups excluding carboxylic acids is 1. The minimum Gasteiger partial charge on any atom is -0.323 e. The lowest BCUT2D eigenvalue weighted by molar-refractivity contribution is -0.119. The Labute approximate surface area is 127 Å². The predicted octanol–water partition coefficient (Wildman–Crippen LogP) is 1.49. The standard InChI is InChI=1S/C15H14N6O/c22-15(18-13-7-4-8-16-10-13)14(21-11-17-19-20-21)9-12-5-2-1-3-6-12/h1-8,10-11,14H,9H2,(H,18,22)/t14-/m0/s1. The summed E-state index contributed by atoms with van der Waals surface area (Å²) in [5.41, 5.74) is 1.67. The monoisotopic (exact) mass is 294 g/mol. The topological polar surface area (TPSA) is 85.6 Å². The first kappa shape index (κ1) is 13.9. The number of aromatic nitrogens is 5. The molecule has 0 bridgehead atoms. The molecule has 0 aliphatic rings. The first-order chi connectivity index (χ1) is 10.8. The molecule has 0 aliphatic heterocycles. The first-order valence-electron chi connectivity index (χ1n) is 6.80. The summed E-state index contributed by atoms with van der Waals surface area (Å²) in [6.07, 6.45) is 5.18. The molecule has 2 heterocycles. The van der Waals surface area contributed by atoms with Gasteiger partial charge in [-0.3, -0.25) is 9.78 Å². The van der Waals surface area contributed by atoms with Crippen molar-refractivity contribution in [3.8, 4) is 0 Å². The first-order valence-corrected chi connectivity index (χ1v) is 6.80. The van der Waals surface area contributed by atoms with E-state index in [0.717, 1.165) is 5.56 Å². The van der Waals surface area contributed by atoms with Crippen molar-refractivity contribution in [2.45, 2.75) is 12.5 Å². The Balaban J connectivity index is 1.81. The number of benzene rings is 1. The van der Waals surface area contributed by atoms with Gasteiger partial charge < -0.3 is 5.32 Å². The summed E-state index contributed by atoms with van der Waals surface area (Å²) in [6, 6.07) is 12.8. The Morgan fingerprint density at radius 1 is 1.18 bits per heavy atom. The van der Waals surface area contributed by atoms with Crippen LogP contribution in [-0.4, -0.2) is 31.1 Å². The summed E-state index contributed by atoms with van der Waals surface area (Å²) >= 11 is 0. The average molecular weight is 294 g/mol. The average Bonchev–Trinajstić information content (AvgIpc) is 3.08. The van der Waals surface area contributed by atoms with Gasteiger partial charge in [0.25, 0.3) is 0 Å². The van der Waals surface area contributed by atoms with Gasteiger partial charge >= 0.3 is 0 Å². The predicted molar refractivity (Wildman–Crippen MR) is 79.9 cm³/mol. The Morgan fingerprint density at radius 3 is 2.73 bits per heavy atom. The zero-order chi connectivity index (χ0) is 15.2. The number of nitrogens with one attached hydrogen (secondary N) is 1. The van der Waals surface area contributed by atoms with E-state index in [-0.39, 0.29) is 5.91 Å². The second kappa shape index (κ2) is 6.57. The Kier molecular flexibility index (Phi) is 4.15. The van der Waals surface area contributed by atoms with Gasteiger partial charge in [0.2, 0.25) is 5.91 Å². The van der Waals surface area contributed by atoms with Crippen molar-refractivity contribution in [2.24, 2.45) is 0 Å². The third-order valence-electron chi connectivity index (χ3n) is 3.19. The second-order valence-corrected chi connectivity index (χ2v) is 4.73. The number of nitrogens with zero attached hydrogens (tertiary/aromatic N) is 5. The molecule has 7 heteroatoms. The van der Waals surface area contributed by atoms with Crippen LogP contribution in [0.2, 0.25) is 0 Å². The van der Waals surface area contributed by atoms with Crippen molar-refractivity contribution in [1.82, 2.24) is 25.2 Å². The molecule has 0 radical (unpaired) electrons. The molecular formula is C15H14N6O. The fourth-order valence-electron chi connectivity index (χ4n) is 2.12. The molecule has 7 nitrogen and oxygen atoms in total. The van der Waals surface area contributed by atoms with E-state index in [1.807, 2.05) is 30.3 Å². The molecule has 3 aromatic rings. The second-order valence-electron chi connectivity index (χ2n) is 4.73. The fraction of sp³-hybridized carbons (Fsp3) is 0.133. The highest BCUT2D eigenvalue weighted by Crippen LogP contribution is 2.15. The van der Waals surface area contributed by atoms with Crippen molar-refractivity contribution in [1.29, 1.82) is 0 Å². The number of amides is 1. The number of rotatable bonds is 5. The summed E-state index contributed by atoms with van der Waals surface area (Å²) in [5, 5.41) is 13.9. The normalized spacial score (nSPS) is 11.8. The highest BCUT2D eigenvalue weighted by molar-refractivity contribution is 5.93. The van der Waals surface area contributed by atoms with Crippen molar-refractivity contribution in [2.75, 3.05) is 5.32 Å². The third kappa shape index (κ3) is 3.32. The van der Waals surface area contributed by atoms with Gasteiger partial charge in [-0.1, -0.05) is 30.3 Å². The van der Waals surface area contributed by atoms with E-state index in [1.165, 1.54) is 11.0 Å². The number of hydrogen-bond acceptors (Lipinski definition) is 5. The maximum atomic E-state index is 12.6. The Hall–Kier alpha value is -3.09. The summed E-state index contributed by atoms with van der Waals surface area (Å²) in [4.78, 5) is 16.5. The van der Waals surface area contributed by atoms with Crippen LogP contribution in [0.3, 0.4) is 0 Å². The molecule has 1 atom stereocenters. The van der Waals surface area contributed by atoms with Crippen LogP contribution in [0.5, 0.6) is 0 Å². The number of hydrogen-bond donors (Lipinski definition) is 1. The van der Waals surface area contributed by atoms with Crippen LogP contribution in [0.1, 0.15) is 11.6 Å². The summed E-state index contributed by atoms with van der Waals surface area (Å²) in [5.74, 6) is -0.191. The molecule has 0 unspecified atom stereocenters. The van der Waals surface area contributed by atoms with E-state index in [4.69, 9.17) is 0 Å². The van der Waals surface area contributed by atoms with Gasteiger partial charge in [0, 0.05) is 12.6 Å². The summed E-state index contributed by atoms with van der Waals surface area (Å²) < 4.78 is 1.46. The largest absolute Gasteiger partial charge is 0.323 e. The molecule has 110 valence electrons. The van der Waals surface area contributed by atoms with Crippen LogP contribution < -0.4 is 5.32 Å². The number of tetrazole rings is 1. The fourth-order valence-corrected chi connectivity index (χ4v) is 2.12. The number of carbonyl (C=O) groups is 1. The van der Waals surface area contributed by atoms with Crippen LogP contribution in [0.15, 0.2) is 61.2 Å². The summed E-state index contributed by atoms with van der Waals surface area (Å²) in [7, 11) is 0. The zero-order valence-electron chi connectivity index (χ0n) is 11.7. The van der Waals surface area contributed by atoms with Gasteiger partial charge in [0.15, 0.2) is 0 Å². The zero-order valence-corrected chi connectivity index (χ0v) is 11.7. The van der Waals surface area contributed by atoms with E-state index < -0.39 is 6.04 Å². The molecule has 1 aromatic carbocycles. The molecular weight excluding hydrogens is 280 g/mol. The van der Waals surface area contributed by atoms with E-state index in [9.17, 15) is 4.79 Å². The van der Waals surface area contributed by atoms with Crippen LogP contribution in [0.4, 0.5) is 5.69 Å². The highest BCUT2D eigenvalue weighted by Gasteiger charge is 2.22. The van der Waals surface area contributed by atoms with Crippen LogP contribution in [0, 0.1) is 0 Å². The highest BCUT2D eigenvalue weighted by atomic mass is 16.2. The number of pyridine rings is 1. The molecule has 0 spiro atoms. The van der Waals surface area contributed by atoms with Crippen molar-refractivity contribution >= 4 is 11.6 Å². The van der Waals surface area contributed by atoms with Crippen molar-refractivity contribution in [3.63, 3.8) is 0 Å². The van der Waals surface area contributed by atoms with Gasteiger partial charge in [0.05, 0.1) is 11.9 Å².